The molecule has 0 amide bonds. The number of hydrogen-bond acceptors (Lipinski definition) is 5. The zero-order valence-corrected chi connectivity index (χ0v) is 12.1. The zero-order chi connectivity index (χ0) is 14.8. The molecule has 0 aliphatic carbocycles. The maximum atomic E-state index is 10.8. The second kappa shape index (κ2) is 5.45. The summed E-state index contributed by atoms with van der Waals surface area (Å²) < 4.78 is 6.13. The van der Waals surface area contributed by atoms with Gasteiger partial charge < -0.3 is 4.52 Å². The third-order valence-electron chi connectivity index (χ3n) is 2.83. The molecule has 0 unspecified atom stereocenters. The highest BCUT2D eigenvalue weighted by Crippen LogP contribution is 2.25. The average molecular weight is 346 g/mol. The predicted octanol–water partition coefficient (Wildman–Crippen LogP) is 4.07. The quantitative estimate of drug-likeness (QED) is 0.527. The van der Waals surface area contributed by atoms with Crippen molar-refractivity contribution in [2.45, 2.75) is 0 Å². The molecule has 0 fully saturated rings. The van der Waals surface area contributed by atoms with Gasteiger partial charge in [0, 0.05) is 27.7 Å². The van der Waals surface area contributed by atoms with Gasteiger partial charge >= 0.3 is 0 Å². The van der Waals surface area contributed by atoms with Crippen LogP contribution in [0, 0.1) is 10.1 Å². The molecule has 2 aromatic carbocycles. The second-order valence-corrected chi connectivity index (χ2v) is 5.15. The van der Waals surface area contributed by atoms with Crippen molar-refractivity contribution in [2.75, 3.05) is 0 Å². The van der Waals surface area contributed by atoms with Gasteiger partial charge in [-0.1, -0.05) is 27.2 Å². The van der Waals surface area contributed by atoms with Gasteiger partial charge in [0.2, 0.25) is 5.82 Å². The maximum Gasteiger partial charge on any atom is 0.270 e. The molecule has 0 N–H and O–H groups in total. The molecule has 0 atom stereocenters. The molecule has 21 heavy (non-hydrogen) atoms. The van der Waals surface area contributed by atoms with E-state index in [1.165, 1.54) is 12.1 Å². The topological polar surface area (TPSA) is 82.1 Å². The van der Waals surface area contributed by atoms with Crippen molar-refractivity contribution in [2.24, 2.45) is 0 Å². The van der Waals surface area contributed by atoms with E-state index in [0.717, 1.165) is 10.0 Å². The molecule has 104 valence electrons. The summed E-state index contributed by atoms with van der Waals surface area (Å²) in [6.07, 6.45) is 0. The van der Waals surface area contributed by atoms with E-state index < -0.39 is 4.92 Å². The summed E-state index contributed by atoms with van der Waals surface area (Å²) in [6.45, 7) is 0. The smallest absolute Gasteiger partial charge is 0.270 e. The predicted molar refractivity (Wildman–Crippen MR) is 79.5 cm³/mol. The van der Waals surface area contributed by atoms with E-state index in [-0.39, 0.29) is 11.6 Å². The molecule has 3 rings (SSSR count). The first kappa shape index (κ1) is 13.4. The largest absolute Gasteiger partial charge is 0.334 e. The molecule has 1 heterocycles. The van der Waals surface area contributed by atoms with Gasteiger partial charge in [0.25, 0.3) is 11.6 Å². The summed E-state index contributed by atoms with van der Waals surface area (Å²) in [6, 6.07) is 13.5. The van der Waals surface area contributed by atoms with E-state index in [2.05, 4.69) is 26.1 Å². The van der Waals surface area contributed by atoms with Crippen molar-refractivity contribution in [1.82, 2.24) is 10.1 Å². The highest BCUT2D eigenvalue weighted by atomic mass is 79.9. The molecule has 3 aromatic rings. The highest BCUT2D eigenvalue weighted by Gasteiger charge is 2.13. The van der Waals surface area contributed by atoms with Crippen LogP contribution in [0.1, 0.15) is 0 Å². The lowest BCUT2D eigenvalue weighted by Gasteiger charge is -1.95. The summed E-state index contributed by atoms with van der Waals surface area (Å²) in [4.78, 5) is 14.6. The first-order valence-corrected chi connectivity index (χ1v) is 6.77. The number of benzene rings is 2. The third-order valence-corrected chi connectivity index (χ3v) is 3.36. The zero-order valence-electron chi connectivity index (χ0n) is 10.6. The van der Waals surface area contributed by atoms with Crippen molar-refractivity contribution in [3.8, 4) is 22.8 Å². The van der Waals surface area contributed by atoms with E-state index in [9.17, 15) is 10.1 Å². The molecule has 0 radical (unpaired) electrons. The van der Waals surface area contributed by atoms with Gasteiger partial charge in [-0.05, 0) is 30.3 Å². The summed E-state index contributed by atoms with van der Waals surface area (Å²) in [7, 11) is 0. The summed E-state index contributed by atoms with van der Waals surface area (Å²) in [5.74, 6) is 0.681. The van der Waals surface area contributed by atoms with Gasteiger partial charge in [-0.15, -0.1) is 0 Å². The number of rotatable bonds is 3. The number of non-ortho nitro benzene ring substituents is 1. The number of nitro groups is 1. The number of hydrogen-bond donors (Lipinski definition) is 0. The van der Waals surface area contributed by atoms with Crippen LogP contribution < -0.4 is 0 Å². The molecule has 7 heteroatoms. The fourth-order valence-corrected chi connectivity index (χ4v) is 2.07. The van der Waals surface area contributed by atoms with Gasteiger partial charge in [-0.25, -0.2) is 0 Å². The summed E-state index contributed by atoms with van der Waals surface area (Å²) in [5, 5.41) is 14.7. The molecular formula is C14H8BrN3O3. The highest BCUT2D eigenvalue weighted by molar-refractivity contribution is 9.10. The van der Waals surface area contributed by atoms with Gasteiger partial charge in [0.1, 0.15) is 0 Å². The minimum Gasteiger partial charge on any atom is -0.334 e. The fraction of sp³-hybridized carbons (Fsp3) is 0. The molecule has 6 nitrogen and oxygen atoms in total. The van der Waals surface area contributed by atoms with Crippen molar-refractivity contribution in [3.63, 3.8) is 0 Å². The van der Waals surface area contributed by atoms with E-state index >= 15 is 0 Å². The molecule has 0 aliphatic heterocycles. The molecule has 1 aromatic heterocycles. The molecule has 0 spiro atoms. The Hall–Kier alpha value is -2.54. The first-order valence-electron chi connectivity index (χ1n) is 5.98. The number of aromatic nitrogens is 2. The Morgan fingerprint density at radius 2 is 1.86 bits per heavy atom. The van der Waals surface area contributed by atoms with Crippen LogP contribution in [0.4, 0.5) is 5.69 Å². The monoisotopic (exact) mass is 345 g/mol. The molecule has 0 saturated carbocycles. The van der Waals surface area contributed by atoms with Crippen LogP contribution in [0.25, 0.3) is 22.8 Å². The van der Waals surface area contributed by atoms with Crippen molar-refractivity contribution in [1.29, 1.82) is 0 Å². The lowest BCUT2D eigenvalue weighted by atomic mass is 10.2. The van der Waals surface area contributed by atoms with Crippen molar-refractivity contribution in [3.05, 3.63) is 63.1 Å². The van der Waals surface area contributed by atoms with E-state index in [0.29, 0.717) is 11.4 Å². The van der Waals surface area contributed by atoms with E-state index in [4.69, 9.17) is 4.52 Å². The van der Waals surface area contributed by atoms with Crippen LogP contribution in [0.2, 0.25) is 0 Å². The van der Waals surface area contributed by atoms with Crippen molar-refractivity contribution < 1.29 is 9.45 Å². The summed E-state index contributed by atoms with van der Waals surface area (Å²) in [5.41, 5.74) is 1.30. The number of nitro benzene ring substituents is 1. The fourth-order valence-electron chi connectivity index (χ4n) is 1.81. The average Bonchev–Trinajstić information content (AvgIpc) is 2.98. The lowest BCUT2D eigenvalue weighted by molar-refractivity contribution is -0.384. The lowest BCUT2D eigenvalue weighted by Crippen LogP contribution is -1.88. The molecule has 0 aliphatic rings. The normalized spacial score (nSPS) is 10.5. The Kier molecular flexibility index (Phi) is 3.49. The molecular weight excluding hydrogens is 338 g/mol. The minimum atomic E-state index is -0.463. The molecule has 0 saturated heterocycles. The summed E-state index contributed by atoms with van der Waals surface area (Å²) >= 11 is 3.35. The van der Waals surface area contributed by atoms with Crippen molar-refractivity contribution >= 4 is 21.6 Å². The van der Waals surface area contributed by atoms with E-state index in [1.807, 2.05) is 24.3 Å². The van der Waals surface area contributed by atoms with Crippen LogP contribution in [-0.4, -0.2) is 15.1 Å². The van der Waals surface area contributed by atoms with Crippen LogP contribution in [-0.2, 0) is 0 Å². The number of halogens is 1. The Labute approximate surface area is 127 Å². The van der Waals surface area contributed by atoms with Gasteiger partial charge in [-0.2, -0.15) is 4.98 Å². The van der Waals surface area contributed by atoms with Crippen LogP contribution in [0.15, 0.2) is 57.5 Å². The third kappa shape index (κ3) is 2.82. The van der Waals surface area contributed by atoms with Crippen LogP contribution in [0.5, 0.6) is 0 Å². The SMILES string of the molecule is O=[N+]([O-])c1cccc(-c2nc(-c3ccc(Br)cc3)no2)c1. The van der Waals surface area contributed by atoms with Gasteiger partial charge in [0.05, 0.1) is 4.92 Å². The Bertz CT molecular complexity index is 799. The van der Waals surface area contributed by atoms with E-state index in [1.54, 1.807) is 12.1 Å². The van der Waals surface area contributed by atoms with Crippen LogP contribution >= 0.6 is 15.9 Å². The molecule has 0 bridgehead atoms. The Morgan fingerprint density at radius 1 is 1.10 bits per heavy atom. The maximum absolute atomic E-state index is 10.8. The van der Waals surface area contributed by atoms with Gasteiger partial charge in [-0.3, -0.25) is 10.1 Å². The Balaban J connectivity index is 1.96. The minimum absolute atomic E-state index is 0.0177. The van der Waals surface area contributed by atoms with Crippen LogP contribution in [0.3, 0.4) is 0 Å². The van der Waals surface area contributed by atoms with Gasteiger partial charge in [0.15, 0.2) is 0 Å². The number of nitrogens with zero attached hydrogens (tertiary/aromatic N) is 3. The Morgan fingerprint density at radius 3 is 2.57 bits per heavy atom. The standard InChI is InChI=1S/C14H8BrN3O3/c15-11-6-4-9(5-7-11)13-16-14(21-17-13)10-2-1-3-12(8-10)18(19)20/h1-8H. The first-order chi connectivity index (χ1) is 10.1. The second-order valence-electron chi connectivity index (χ2n) is 4.24.